The summed E-state index contributed by atoms with van der Waals surface area (Å²) in [5.74, 6) is -1.96. The van der Waals surface area contributed by atoms with E-state index in [1.807, 2.05) is 4.72 Å². The van der Waals surface area contributed by atoms with Crippen LogP contribution in [0, 0.1) is 12.7 Å². The summed E-state index contributed by atoms with van der Waals surface area (Å²) in [6, 6.07) is 7.59. The fourth-order valence-corrected chi connectivity index (χ4v) is 3.50. The summed E-state index contributed by atoms with van der Waals surface area (Å²) in [6.07, 6.45) is -5.15. The number of hydrogen-bond donors (Lipinski definition) is 2. The highest BCUT2D eigenvalue weighted by molar-refractivity contribution is 7.89. The van der Waals surface area contributed by atoms with Gasteiger partial charge in [0.15, 0.2) is 6.61 Å². The van der Waals surface area contributed by atoms with E-state index in [-0.39, 0.29) is 6.54 Å². The molecule has 2 rings (SSSR count). The molecule has 1 amide bonds. The van der Waals surface area contributed by atoms with Crippen LogP contribution in [-0.2, 0) is 37.1 Å². The van der Waals surface area contributed by atoms with Gasteiger partial charge in [0.05, 0.1) is 16.9 Å². The molecular weight excluding hydrogens is 456 g/mol. The van der Waals surface area contributed by atoms with Gasteiger partial charge in [-0.05, 0) is 42.3 Å². The molecule has 0 fully saturated rings. The normalized spacial score (nSPS) is 11.8. The Morgan fingerprint density at radius 1 is 1.09 bits per heavy atom. The molecule has 0 aromatic heterocycles. The van der Waals surface area contributed by atoms with Crippen molar-refractivity contribution >= 4 is 21.9 Å². The van der Waals surface area contributed by atoms with E-state index in [2.05, 4.69) is 5.32 Å². The van der Waals surface area contributed by atoms with Gasteiger partial charge in [-0.3, -0.25) is 9.59 Å². The minimum Gasteiger partial charge on any atom is -0.456 e. The van der Waals surface area contributed by atoms with Crippen LogP contribution in [0.1, 0.15) is 23.1 Å². The Balaban J connectivity index is 1.75. The third-order valence-corrected chi connectivity index (χ3v) is 5.64. The molecule has 0 radical (unpaired) electrons. The number of amides is 1. The first-order valence-corrected chi connectivity index (χ1v) is 10.7. The summed E-state index contributed by atoms with van der Waals surface area (Å²) in [4.78, 5) is 22.8. The van der Waals surface area contributed by atoms with Gasteiger partial charge in [-0.2, -0.15) is 13.2 Å². The number of carbonyl (C=O) groups is 2. The molecule has 0 aliphatic rings. The number of nitrogens with one attached hydrogen (secondary N) is 2. The molecule has 32 heavy (non-hydrogen) atoms. The molecule has 0 saturated carbocycles. The van der Waals surface area contributed by atoms with Crippen molar-refractivity contribution in [2.75, 3.05) is 13.2 Å². The predicted octanol–water partition coefficient (Wildman–Crippen LogP) is 2.68. The highest BCUT2D eigenvalue weighted by Crippen LogP contribution is 2.30. The van der Waals surface area contributed by atoms with Crippen LogP contribution in [0.5, 0.6) is 0 Å². The van der Waals surface area contributed by atoms with Crippen molar-refractivity contribution in [1.29, 1.82) is 0 Å². The van der Waals surface area contributed by atoms with E-state index in [0.717, 1.165) is 18.2 Å². The van der Waals surface area contributed by atoms with Gasteiger partial charge in [0, 0.05) is 13.1 Å². The van der Waals surface area contributed by atoms with Gasteiger partial charge in [-0.25, -0.2) is 17.5 Å². The summed E-state index contributed by atoms with van der Waals surface area (Å²) in [5.41, 5.74) is -0.159. The summed E-state index contributed by atoms with van der Waals surface area (Å²) in [7, 11) is -4.28. The average Bonchev–Trinajstić information content (AvgIpc) is 2.72. The van der Waals surface area contributed by atoms with Gasteiger partial charge in [0.1, 0.15) is 5.82 Å². The Kier molecular flexibility index (Phi) is 8.33. The SMILES string of the molecule is Cc1ccc(CNC(=O)COC(=O)CCNS(=O)(=O)c2cccc(C(F)(F)F)c2)cc1F. The largest absolute Gasteiger partial charge is 0.456 e. The molecule has 2 N–H and O–H groups in total. The maximum atomic E-state index is 13.5. The maximum Gasteiger partial charge on any atom is 0.416 e. The standard InChI is InChI=1S/C20H20F4N2O5S/c1-13-5-6-14(9-17(13)21)11-25-18(27)12-31-19(28)7-8-26-32(29,30)16-4-2-3-15(10-16)20(22,23)24/h2-6,9-10,26H,7-8,11-12H2,1H3,(H,25,27). The Morgan fingerprint density at radius 2 is 1.81 bits per heavy atom. The Bertz CT molecular complexity index is 1090. The minimum atomic E-state index is -4.70. The first-order valence-electron chi connectivity index (χ1n) is 9.23. The summed E-state index contributed by atoms with van der Waals surface area (Å²) >= 11 is 0. The van der Waals surface area contributed by atoms with Gasteiger partial charge in [0.2, 0.25) is 10.0 Å². The molecule has 0 spiro atoms. The third kappa shape index (κ3) is 7.61. The molecule has 0 aliphatic carbocycles. The zero-order valence-electron chi connectivity index (χ0n) is 16.8. The number of halogens is 4. The fraction of sp³-hybridized carbons (Fsp3) is 0.300. The second-order valence-corrected chi connectivity index (χ2v) is 8.46. The van der Waals surface area contributed by atoms with Crippen molar-refractivity contribution in [1.82, 2.24) is 10.0 Å². The van der Waals surface area contributed by atoms with Crippen molar-refractivity contribution < 1.29 is 40.3 Å². The first kappa shape index (κ1) is 25.3. The number of sulfonamides is 1. The summed E-state index contributed by atoms with van der Waals surface area (Å²) < 4.78 is 82.5. The Hall–Kier alpha value is -2.99. The van der Waals surface area contributed by atoms with E-state index >= 15 is 0 Å². The van der Waals surface area contributed by atoms with Crippen LogP contribution in [0.25, 0.3) is 0 Å². The van der Waals surface area contributed by atoms with Crippen molar-refractivity contribution in [2.45, 2.75) is 31.0 Å². The number of esters is 1. The first-order chi connectivity index (χ1) is 14.9. The predicted molar refractivity (Wildman–Crippen MR) is 105 cm³/mol. The van der Waals surface area contributed by atoms with Crippen LogP contribution < -0.4 is 10.0 Å². The lowest BCUT2D eigenvalue weighted by Gasteiger charge is -2.10. The van der Waals surface area contributed by atoms with Gasteiger partial charge in [-0.15, -0.1) is 0 Å². The zero-order valence-corrected chi connectivity index (χ0v) is 17.6. The number of rotatable bonds is 9. The maximum absolute atomic E-state index is 13.5. The van der Waals surface area contributed by atoms with Crippen LogP contribution in [-0.4, -0.2) is 33.4 Å². The Morgan fingerprint density at radius 3 is 2.47 bits per heavy atom. The second kappa shape index (κ2) is 10.6. The lowest BCUT2D eigenvalue weighted by Crippen LogP contribution is -2.30. The zero-order chi connectivity index (χ0) is 23.9. The molecule has 12 heteroatoms. The molecule has 2 aromatic rings. The average molecular weight is 476 g/mol. The van der Waals surface area contributed by atoms with E-state index in [1.165, 1.54) is 6.07 Å². The molecule has 0 unspecified atom stereocenters. The van der Waals surface area contributed by atoms with Gasteiger partial charge in [0.25, 0.3) is 5.91 Å². The molecule has 7 nitrogen and oxygen atoms in total. The second-order valence-electron chi connectivity index (χ2n) is 6.69. The molecule has 2 aromatic carbocycles. The molecule has 0 atom stereocenters. The number of alkyl halides is 3. The highest BCUT2D eigenvalue weighted by Gasteiger charge is 2.31. The van der Waals surface area contributed by atoms with Crippen LogP contribution in [0.4, 0.5) is 17.6 Å². The lowest BCUT2D eigenvalue weighted by molar-refractivity contribution is -0.148. The van der Waals surface area contributed by atoms with E-state index in [4.69, 9.17) is 4.74 Å². The molecule has 0 heterocycles. The highest BCUT2D eigenvalue weighted by atomic mass is 32.2. The van der Waals surface area contributed by atoms with Crippen LogP contribution in [0.15, 0.2) is 47.4 Å². The number of hydrogen-bond acceptors (Lipinski definition) is 5. The molecule has 0 saturated heterocycles. The fourth-order valence-electron chi connectivity index (χ4n) is 2.43. The van der Waals surface area contributed by atoms with Crippen molar-refractivity contribution in [2.24, 2.45) is 0 Å². The van der Waals surface area contributed by atoms with Crippen molar-refractivity contribution in [3.05, 3.63) is 65.0 Å². The van der Waals surface area contributed by atoms with Crippen molar-refractivity contribution in [3.63, 3.8) is 0 Å². The monoisotopic (exact) mass is 476 g/mol. The van der Waals surface area contributed by atoms with E-state index in [1.54, 1.807) is 19.1 Å². The van der Waals surface area contributed by atoms with Gasteiger partial charge >= 0.3 is 12.1 Å². The van der Waals surface area contributed by atoms with E-state index in [0.29, 0.717) is 17.2 Å². The van der Waals surface area contributed by atoms with Gasteiger partial charge in [-0.1, -0.05) is 18.2 Å². The van der Waals surface area contributed by atoms with E-state index < -0.39 is 63.9 Å². The molecule has 0 aliphatic heterocycles. The number of ether oxygens (including phenoxy) is 1. The molecule has 0 bridgehead atoms. The molecular formula is C20H20F4N2O5S. The van der Waals surface area contributed by atoms with Crippen molar-refractivity contribution in [3.8, 4) is 0 Å². The quantitative estimate of drug-likeness (QED) is 0.428. The number of benzene rings is 2. The molecule has 174 valence electrons. The van der Waals surface area contributed by atoms with Gasteiger partial charge < -0.3 is 10.1 Å². The Labute approximate surface area is 181 Å². The topological polar surface area (TPSA) is 102 Å². The summed E-state index contributed by atoms with van der Waals surface area (Å²) in [5, 5.41) is 2.43. The number of carbonyl (C=O) groups excluding carboxylic acids is 2. The summed E-state index contributed by atoms with van der Waals surface area (Å²) in [6.45, 7) is 0.538. The van der Waals surface area contributed by atoms with E-state index in [9.17, 15) is 35.6 Å². The lowest BCUT2D eigenvalue weighted by atomic mass is 10.1. The van der Waals surface area contributed by atoms with Crippen LogP contribution >= 0.6 is 0 Å². The van der Waals surface area contributed by atoms with Crippen LogP contribution in [0.3, 0.4) is 0 Å². The number of aryl methyl sites for hydroxylation is 1. The minimum absolute atomic E-state index is 0.0182. The third-order valence-electron chi connectivity index (χ3n) is 4.18. The van der Waals surface area contributed by atoms with Crippen LogP contribution in [0.2, 0.25) is 0 Å². The smallest absolute Gasteiger partial charge is 0.416 e.